The normalized spacial score (nSPS) is 9.11. The number of hydrogen-bond acceptors (Lipinski definition) is 6. The molecule has 6 heteroatoms. The van der Waals surface area contributed by atoms with Crippen LogP contribution in [0.1, 0.15) is 31.1 Å². The first-order valence-corrected chi connectivity index (χ1v) is 6.00. The average molecular weight is 267 g/mol. The highest BCUT2D eigenvalue weighted by atomic mass is 16.6. The van der Waals surface area contributed by atoms with Gasteiger partial charge in [-0.05, 0) is 26.0 Å². The molecule has 4 N–H and O–H groups in total. The molecule has 0 atom stereocenters. The smallest absolute Gasteiger partial charge is 0.347 e. The van der Waals surface area contributed by atoms with Crippen LogP contribution in [0.2, 0.25) is 0 Å². The third kappa shape index (κ3) is 5.07. The molecule has 0 heterocycles. The van der Waals surface area contributed by atoms with E-state index in [4.69, 9.17) is 0 Å². The van der Waals surface area contributed by atoms with Gasteiger partial charge in [0.2, 0.25) is 0 Å². The van der Waals surface area contributed by atoms with Gasteiger partial charge >= 0.3 is 11.9 Å². The van der Waals surface area contributed by atoms with Crippen molar-refractivity contribution < 1.29 is 14.3 Å². The molecule has 0 aliphatic rings. The molecule has 0 radical (unpaired) electrons. The molecule has 0 fully saturated rings. The fraction of sp³-hybridized carbons (Fsp3) is 0.385. The number of nitrogens with zero attached hydrogens (tertiary/aromatic N) is 1. The summed E-state index contributed by atoms with van der Waals surface area (Å²) in [4.78, 5) is 24.6. The van der Waals surface area contributed by atoms with Gasteiger partial charge in [0.25, 0.3) is 0 Å². The summed E-state index contributed by atoms with van der Waals surface area (Å²) in [6.45, 7) is 6.83. The van der Waals surface area contributed by atoms with E-state index >= 15 is 0 Å². The minimum Gasteiger partial charge on any atom is -0.390 e. The van der Waals surface area contributed by atoms with E-state index in [9.17, 15) is 9.59 Å². The van der Waals surface area contributed by atoms with Gasteiger partial charge in [0.1, 0.15) is 0 Å². The first-order chi connectivity index (χ1) is 9.10. The van der Waals surface area contributed by atoms with Crippen LogP contribution < -0.4 is 16.6 Å². The van der Waals surface area contributed by atoms with E-state index < -0.39 is 11.9 Å². The molecule has 1 aromatic rings. The van der Waals surface area contributed by atoms with Crippen LogP contribution in [-0.4, -0.2) is 25.0 Å². The third-order valence-electron chi connectivity index (χ3n) is 2.46. The molecule has 0 saturated carbocycles. The summed E-state index contributed by atoms with van der Waals surface area (Å²) < 4.78 is 4.61. The molecule has 0 unspecified atom stereocenters. The topological polar surface area (TPSA) is 98.6 Å². The first kappa shape index (κ1) is 17.1. The molecule has 0 aliphatic carbocycles. The lowest BCUT2D eigenvalue weighted by Gasteiger charge is -2.23. The van der Waals surface area contributed by atoms with Gasteiger partial charge in [-0.2, -0.15) is 0 Å². The predicted octanol–water partition coefficient (Wildman–Crippen LogP) is 1.05. The van der Waals surface area contributed by atoms with Crippen LogP contribution in [0.5, 0.6) is 0 Å². The van der Waals surface area contributed by atoms with E-state index in [0.29, 0.717) is 5.56 Å². The van der Waals surface area contributed by atoms with Crippen molar-refractivity contribution in [1.29, 1.82) is 0 Å². The molecule has 0 aliphatic heterocycles. The highest BCUT2D eigenvalue weighted by Gasteiger charge is 2.16. The molecule has 0 amide bonds. The number of carbonyl (C=O) groups is 2. The summed E-state index contributed by atoms with van der Waals surface area (Å²) in [5.74, 6) is 6.81. The van der Waals surface area contributed by atoms with Crippen LogP contribution in [0.15, 0.2) is 24.3 Å². The summed E-state index contributed by atoms with van der Waals surface area (Å²) in [6.07, 6.45) is 0. The Morgan fingerprint density at radius 1 is 1.16 bits per heavy atom. The number of hydrogen-bond donors (Lipinski definition) is 2. The van der Waals surface area contributed by atoms with Crippen molar-refractivity contribution >= 4 is 17.6 Å². The standard InChI is InChI=1S/C13H17NO3.H4N2/c1-4-14(5-2)12-9-7-6-8-11(12)13(16)17-10(3)15;1-2/h6-9H,4-5H2,1-3H3;1-2H2. The van der Waals surface area contributed by atoms with E-state index in [1.54, 1.807) is 12.1 Å². The minimum absolute atomic E-state index is 0.423. The van der Waals surface area contributed by atoms with Crippen molar-refractivity contribution in [3.05, 3.63) is 29.8 Å². The fourth-order valence-corrected chi connectivity index (χ4v) is 1.67. The number of carbonyl (C=O) groups excluding carboxylic acids is 2. The summed E-state index contributed by atoms with van der Waals surface area (Å²) in [5, 5.41) is 0. The van der Waals surface area contributed by atoms with Gasteiger partial charge in [0.15, 0.2) is 0 Å². The lowest BCUT2D eigenvalue weighted by atomic mass is 10.1. The molecule has 19 heavy (non-hydrogen) atoms. The lowest BCUT2D eigenvalue weighted by Crippen LogP contribution is -2.24. The van der Waals surface area contributed by atoms with Gasteiger partial charge in [-0.25, -0.2) is 4.79 Å². The van der Waals surface area contributed by atoms with Gasteiger partial charge in [0.05, 0.1) is 11.3 Å². The number of rotatable bonds is 4. The zero-order valence-corrected chi connectivity index (χ0v) is 11.6. The van der Waals surface area contributed by atoms with Gasteiger partial charge in [-0.15, -0.1) is 0 Å². The minimum atomic E-state index is -0.597. The number of ether oxygens (including phenoxy) is 1. The Balaban J connectivity index is 0.00000154. The largest absolute Gasteiger partial charge is 0.390 e. The van der Waals surface area contributed by atoms with Gasteiger partial charge in [0, 0.05) is 20.0 Å². The number of anilines is 1. The lowest BCUT2D eigenvalue weighted by molar-refractivity contribution is -0.135. The monoisotopic (exact) mass is 267 g/mol. The third-order valence-corrected chi connectivity index (χ3v) is 2.46. The summed E-state index contributed by atoms with van der Waals surface area (Å²) >= 11 is 0. The van der Waals surface area contributed by atoms with Crippen molar-refractivity contribution in [3.63, 3.8) is 0 Å². The second kappa shape index (κ2) is 9.07. The van der Waals surface area contributed by atoms with Gasteiger partial charge in [-0.1, -0.05) is 12.1 Å². The van der Waals surface area contributed by atoms with Crippen molar-refractivity contribution in [1.82, 2.24) is 0 Å². The number of nitrogens with two attached hydrogens (primary N) is 2. The Hall–Kier alpha value is -1.92. The first-order valence-electron chi connectivity index (χ1n) is 6.00. The highest BCUT2D eigenvalue weighted by molar-refractivity contribution is 6.00. The van der Waals surface area contributed by atoms with Crippen LogP contribution in [0.3, 0.4) is 0 Å². The van der Waals surface area contributed by atoms with Gasteiger partial charge in [-0.3, -0.25) is 16.5 Å². The van der Waals surface area contributed by atoms with Crippen LogP contribution in [0.25, 0.3) is 0 Å². The number of benzene rings is 1. The zero-order chi connectivity index (χ0) is 14.8. The van der Waals surface area contributed by atoms with Crippen LogP contribution >= 0.6 is 0 Å². The van der Waals surface area contributed by atoms with Crippen LogP contribution in [-0.2, 0) is 9.53 Å². The van der Waals surface area contributed by atoms with E-state index in [-0.39, 0.29) is 0 Å². The fourth-order valence-electron chi connectivity index (χ4n) is 1.67. The number of esters is 2. The Kier molecular flexibility index (Phi) is 8.15. The van der Waals surface area contributed by atoms with Crippen molar-refractivity contribution in [2.45, 2.75) is 20.8 Å². The van der Waals surface area contributed by atoms with Crippen molar-refractivity contribution in [2.75, 3.05) is 18.0 Å². The number of hydrazine groups is 1. The molecule has 0 spiro atoms. The van der Waals surface area contributed by atoms with E-state index in [0.717, 1.165) is 18.8 Å². The van der Waals surface area contributed by atoms with E-state index in [1.165, 1.54) is 6.92 Å². The Labute approximate surface area is 113 Å². The SMILES string of the molecule is CCN(CC)c1ccccc1C(=O)OC(C)=O.NN. The van der Waals surface area contributed by atoms with Crippen molar-refractivity contribution in [3.8, 4) is 0 Å². The molecule has 0 saturated heterocycles. The average Bonchev–Trinajstić information content (AvgIpc) is 2.42. The summed E-state index contributed by atoms with van der Waals surface area (Å²) in [6, 6.07) is 7.13. The molecule has 0 aromatic heterocycles. The summed E-state index contributed by atoms with van der Waals surface area (Å²) in [7, 11) is 0. The Bertz CT molecular complexity index is 417. The maximum Gasteiger partial charge on any atom is 0.347 e. The molecule has 106 valence electrons. The quantitative estimate of drug-likeness (QED) is 0.366. The van der Waals surface area contributed by atoms with E-state index in [1.807, 2.05) is 30.9 Å². The Morgan fingerprint density at radius 2 is 1.68 bits per heavy atom. The molecule has 6 nitrogen and oxygen atoms in total. The predicted molar refractivity (Wildman–Crippen MR) is 74.5 cm³/mol. The highest BCUT2D eigenvalue weighted by Crippen LogP contribution is 2.20. The second-order valence-electron chi connectivity index (χ2n) is 3.57. The molecule has 1 rings (SSSR count). The molecular formula is C13H21N3O3. The maximum atomic E-state index is 11.7. The van der Waals surface area contributed by atoms with Crippen molar-refractivity contribution in [2.24, 2.45) is 11.7 Å². The zero-order valence-electron chi connectivity index (χ0n) is 11.6. The van der Waals surface area contributed by atoms with Crippen LogP contribution in [0.4, 0.5) is 5.69 Å². The maximum absolute atomic E-state index is 11.7. The number of para-hydroxylation sites is 1. The molecular weight excluding hydrogens is 246 g/mol. The van der Waals surface area contributed by atoms with Gasteiger partial charge < -0.3 is 9.64 Å². The molecule has 0 bridgehead atoms. The molecule has 1 aromatic carbocycles. The van der Waals surface area contributed by atoms with Crippen LogP contribution in [0, 0.1) is 0 Å². The Morgan fingerprint density at radius 3 is 2.16 bits per heavy atom. The second-order valence-corrected chi connectivity index (χ2v) is 3.57. The van der Waals surface area contributed by atoms with E-state index in [2.05, 4.69) is 16.4 Å². The summed E-state index contributed by atoms with van der Waals surface area (Å²) in [5.41, 5.74) is 1.22.